The Labute approximate surface area is 121 Å². The van der Waals surface area contributed by atoms with E-state index in [0.29, 0.717) is 18.6 Å². The molecule has 2 N–H and O–H groups in total. The van der Waals surface area contributed by atoms with Crippen molar-refractivity contribution in [2.75, 3.05) is 13.1 Å². The molecule has 0 spiro atoms. The van der Waals surface area contributed by atoms with Gasteiger partial charge in [0.25, 0.3) is 0 Å². The van der Waals surface area contributed by atoms with Crippen LogP contribution in [0.1, 0.15) is 37.8 Å². The van der Waals surface area contributed by atoms with E-state index in [0.717, 1.165) is 0 Å². The average molecular weight is 268 g/mol. The number of nitrogens with zero attached hydrogens (tertiary/aromatic N) is 1. The highest BCUT2D eigenvalue weighted by Gasteiger charge is 2.27. The largest absolute Gasteiger partial charge is 0.329 e. The third-order valence-corrected chi connectivity index (χ3v) is 4.66. The highest BCUT2D eigenvalue weighted by Crippen LogP contribution is 2.32. The van der Waals surface area contributed by atoms with Crippen LogP contribution in [0, 0.1) is 0 Å². The summed E-state index contributed by atoms with van der Waals surface area (Å²) in [4.78, 5) is 2.60. The number of benzene rings is 2. The summed E-state index contributed by atoms with van der Waals surface area (Å²) in [5.74, 6) is 0. The van der Waals surface area contributed by atoms with Crippen molar-refractivity contribution in [2.24, 2.45) is 5.73 Å². The van der Waals surface area contributed by atoms with Gasteiger partial charge < -0.3 is 5.73 Å². The topological polar surface area (TPSA) is 29.3 Å². The molecule has 2 aromatic rings. The zero-order valence-electron chi connectivity index (χ0n) is 12.3. The summed E-state index contributed by atoms with van der Waals surface area (Å²) >= 11 is 0. The van der Waals surface area contributed by atoms with Crippen LogP contribution in [0.4, 0.5) is 0 Å². The maximum absolute atomic E-state index is 6.15. The molecular formula is C18H24N2. The molecule has 0 aromatic heterocycles. The second-order valence-electron chi connectivity index (χ2n) is 5.90. The molecular weight excluding hydrogens is 244 g/mol. The number of likely N-dealkylation sites (tertiary alicyclic amines) is 1. The van der Waals surface area contributed by atoms with Crippen molar-refractivity contribution >= 4 is 10.8 Å². The van der Waals surface area contributed by atoms with Crippen molar-refractivity contribution < 1.29 is 0 Å². The first-order chi connectivity index (χ1) is 9.81. The maximum Gasteiger partial charge on any atom is 0.0479 e. The van der Waals surface area contributed by atoms with Crippen molar-refractivity contribution in [3.05, 3.63) is 48.0 Å². The molecule has 0 amide bonds. The van der Waals surface area contributed by atoms with Crippen LogP contribution in [0.25, 0.3) is 10.8 Å². The van der Waals surface area contributed by atoms with Gasteiger partial charge in [-0.05, 0) is 42.6 Å². The van der Waals surface area contributed by atoms with Crippen LogP contribution in [-0.2, 0) is 0 Å². The van der Waals surface area contributed by atoms with E-state index in [1.54, 1.807) is 0 Å². The Morgan fingerprint density at radius 3 is 2.75 bits per heavy atom. The van der Waals surface area contributed by atoms with Gasteiger partial charge in [-0.15, -0.1) is 0 Å². The number of rotatable bonds is 3. The lowest BCUT2D eigenvalue weighted by Crippen LogP contribution is -2.43. The van der Waals surface area contributed by atoms with E-state index in [1.807, 2.05) is 0 Å². The van der Waals surface area contributed by atoms with E-state index in [2.05, 4.69) is 54.3 Å². The zero-order valence-corrected chi connectivity index (χ0v) is 12.3. The predicted molar refractivity (Wildman–Crippen MR) is 85.8 cm³/mol. The molecule has 1 aliphatic rings. The number of piperidine rings is 1. The minimum Gasteiger partial charge on any atom is -0.329 e. The minimum atomic E-state index is 0.344. The van der Waals surface area contributed by atoms with E-state index >= 15 is 0 Å². The van der Waals surface area contributed by atoms with E-state index in [1.165, 1.54) is 42.1 Å². The fourth-order valence-electron chi connectivity index (χ4n) is 3.57. The molecule has 20 heavy (non-hydrogen) atoms. The van der Waals surface area contributed by atoms with Gasteiger partial charge in [0.05, 0.1) is 0 Å². The number of hydrogen-bond acceptors (Lipinski definition) is 2. The second-order valence-corrected chi connectivity index (χ2v) is 5.90. The molecule has 1 fully saturated rings. The molecule has 1 saturated heterocycles. The molecule has 1 aliphatic heterocycles. The SMILES string of the molecule is CC1CCCCN1C(CN)c1cccc2ccccc12. The first-order valence-electron chi connectivity index (χ1n) is 7.74. The third-order valence-electron chi connectivity index (χ3n) is 4.66. The fourth-order valence-corrected chi connectivity index (χ4v) is 3.57. The zero-order chi connectivity index (χ0) is 13.9. The van der Waals surface area contributed by atoms with E-state index < -0.39 is 0 Å². The van der Waals surface area contributed by atoms with Gasteiger partial charge in [0.2, 0.25) is 0 Å². The number of fused-ring (bicyclic) bond motifs is 1. The van der Waals surface area contributed by atoms with Gasteiger partial charge in [-0.3, -0.25) is 4.90 Å². The molecule has 2 aromatic carbocycles. The third kappa shape index (κ3) is 2.46. The monoisotopic (exact) mass is 268 g/mol. The molecule has 106 valence electrons. The Morgan fingerprint density at radius 2 is 1.95 bits per heavy atom. The van der Waals surface area contributed by atoms with E-state index in [4.69, 9.17) is 5.73 Å². The van der Waals surface area contributed by atoms with Gasteiger partial charge in [0.1, 0.15) is 0 Å². The number of hydrogen-bond donors (Lipinski definition) is 1. The van der Waals surface area contributed by atoms with Gasteiger partial charge >= 0.3 is 0 Å². The highest BCUT2D eigenvalue weighted by atomic mass is 15.2. The summed E-state index contributed by atoms with van der Waals surface area (Å²) in [7, 11) is 0. The molecule has 2 heteroatoms. The molecule has 1 heterocycles. The van der Waals surface area contributed by atoms with Crippen molar-refractivity contribution in [1.29, 1.82) is 0 Å². The van der Waals surface area contributed by atoms with Crippen molar-refractivity contribution in [3.63, 3.8) is 0 Å². The Kier molecular flexibility index (Phi) is 4.04. The van der Waals surface area contributed by atoms with Crippen LogP contribution < -0.4 is 5.73 Å². The van der Waals surface area contributed by atoms with Crippen molar-refractivity contribution in [1.82, 2.24) is 4.90 Å². The van der Waals surface area contributed by atoms with Crippen LogP contribution in [-0.4, -0.2) is 24.0 Å². The van der Waals surface area contributed by atoms with Gasteiger partial charge in [-0.25, -0.2) is 0 Å². The Balaban J connectivity index is 2.02. The highest BCUT2D eigenvalue weighted by molar-refractivity contribution is 5.86. The molecule has 0 bridgehead atoms. The predicted octanol–water partition coefficient (Wildman–Crippen LogP) is 3.71. The molecule has 0 aliphatic carbocycles. The summed E-state index contributed by atoms with van der Waals surface area (Å²) in [5, 5.41) is 2.66. The fraction of sp³-hybridized carbons (Fsp3) is 0.444. The van der Waals surface area contributed by atoms with Gasteiger partial charge in [0, 0.05) is 18.6 Å². The second kappa shape index (κ2) is 5.94. The lowest BCUT2D eigenvalue weighted by atomic mass is 9.94. The molecule has 0 radical (unpaired) electrons. The summed E-state index contributed by atoms with van der Waals surface area (Å²) < 4.78 is 0. The average Bonchev–Trinajstić information content (AvgIpc) is 2.50. The van der Waals surface area contributed by atoms with Crippen LogP contribution in [0.5, 0.6) is 0 Å². The first kappa shape index (κ1) is 13.6. The van der Waals surface area contributed by atoms with Gasteiger partial charge in [-0.2, -0.15) is 0 Å². The first-order valence-corrected chi connectivity index (χ1v) is 7.74. The Morgan fingerprint density at radius 1 is 1.15 bits per heavy atom. The summed E-state index contributed by atoms with van der Waals surface area (Å²) in [6.45, 7) is 4.21. The van der Waals surface area contributed by atoms with E-state index in [-0.39, 0.29) is 0 Å². The molecule has 2 atom stereocenters. The van der Waals surface area contributed by atoms with Crippen LogP contribution in [0.15, 0.2) is 42.5 Å². The van der Waals surface area contributed by atoms with E-state index in [9.17, 15) is 0 Å². The lowest BCUT2D eigenvalue weighted by Gasteiger charge is -2.39. The van der Waals surface area contributed by atoms with Crippen LogP contribution >= 0.6 is 0 Å². The van der Waals surface area contributed by atoms with Crippen LogP contribution in [0.3, 0.4) is 0 Å². The molecule has 3 rings (SSSR count). The standard InChI is InChI=1S/C18H24N2/c1-14-7-4-5-12-20(14)18(13-19)17-11-6-9-15-8-2-3-10-16(15)17/h2-3,6,8-11,14,18H,4-5,7,12-13,19H2,1H3. The molecule has 0 saturated carbocycles. The maximum atomic E-state index is 6.15. The molecule has 2 unspecified atom stereocenters. The minimum absolute atomic E-state index is 0.344. The summed E-state index contributed by atoms with van der Waals surface area (Å²) in [6, 6.07) is 16.2. The van der Waals surface area contributed by atoms with Crippen molar-refractivity contribution in [2.45, 2.75) is 38.3 Å². The van der Waals surface area contributed by atoms with Gasteiger partial charge in [0.15, 0.2) is 0 Å². The van der Waals surface area contributed by atoms with Gasteiger partial charge in [-0.1, -0.05) is 48.9 Å². The Bertz CT molecular complexity index is 573. The Hall–Kier alpha value is -1.38. The quantitative estimate of drug-likeness (QED) is 0.919. The lowest BCUT2D eigenvalue weighted by molar-refractivity contribution is 0.109. The summed E-state index contributed by atoms with van der Waals surface area (Å²) in [5.41, 5.74) is 7.54. The normalized spacial score (nSPS) is 22.0. The smallest absolute Gasteiger partial charge is 0.0479 e. The molecule has 2 nitrogen and oxygen atoms in total. The summed E-state index contributed by atoms with van der Waals surface area (Å²) in [6.07, 6.45) is 3.94. The van der Waals surface area contributed by atoms with Crippen LogP contribution in [0.2, 0.25) is 0 Å². The van der Waals surface area contributed by atoms with Crippen molar-refractivity contribution in [3.8, 4) is 0 Å². The number of nitrogens with two attached hydrogens (primary N) is 1.